The lowest BCUT2D eigenvalue weighted by Gasteiger charge is -2.03. The van der Waals surface area contributed by atoms with Crippen LogP contribution >= 0.6 is 0 Å². The molecule has 0 fully saturated rings. The maximum absolute atomic E-state index is 10.7. The van der Waals surface area contributed by atoms with E-state index in [0.29, 0.717) is 5.69 Å². The largest absolute Gasteiger partial charge is 0.504 e. The van der Waals surface area contributed by atoms with E-state index in [0.717, 1.165) is 22.2 Å². The zero-order valence-corrected chi connectivity index (χ0v) is 12.8. The van der Waals surface area contributed by atoms with Gasteiger partial charge in [0.2, 0.25) is 0 Å². The summed E-state index contributed by atoms with van der Waals surface area (Å²) in [4.78, 5) is 0. The van der Waals surface area contributed by atoms with Gasteiger partial charge >= 0.3 is 0 Å². The number of aryl methyl sites for hydroxylation is 1. The summed E-state index contributed by atoms with van der Waals surface area (Å²) >= 11 is 0. The van der Waals surface area contributed by atoms with E-state index in [9.17, 15) is 5.11 Å². The van der Waals surface area contributed by atoms with Gasteiger partial charge in [-0.2, -0.15) is 5.10 Å². The van der Waals surface area contributed by atoms with Crippen LogP contribution < -0.4 is 0 Å². The van der Waals surface area contributed by atoms with E-state index < -0.39 is 0 Å². The third kappa shape index (κ3) is 2.27. The molecule has 0 aliphatic rings. The molecule has 0 unspecified atom stereocenters. The Hall–Kier alpha value is -3.07. The molecule has 0 bridgehead atoms. The molecule has 0 amide bonds. The SMILES string of the molecule is Cn1nc(-c2ccc3ccccc3c2)c(O)c1-c1ccccc1. The molecule has 0 saturated carbocycles. The summed E-state index contributed by atoms with van der Waals surface area (Å²) in [6, 6.07) is 24.1. The Balaban J connectivity index is 1.89. The Labute approximate surface area is 134 Å². The molecule has 23 heavy (non-hydrogen) atoms. The monoisotopic (exact) mass is 300 g/mol. The molecule has 1 heterocycles. The van der Waals surface area contributed by atoms with Crippen molar-refractivity contribution < 1.29 is 5.11 Å². The van der Waals surface area contributed by atoms with Crippen LogP contribution in [0.1, 0.15) is 0 Å². The van der Waals surface area contributed by atoms with Gasteiger partial charge in [-0.1, -0.05) is 66.7 Å². The number of nitrogens with zero attached hydrogens (tertiary/aromatic N) is 2. The van der Waals surface area contributed by atoms with Crippen LogP contribution in [-0.2, 0) is 7.05 Å². The molecule has 3 nitrogen and oxygen atoms in total. The Morgan fingerprint density at radius 1 is 0.783 bits per heavy atom. The van der Waals surface area contributed by atoms with Gasteiger partial charge in [0, 0.05) is 18.2 Å². The van der Waals surface area contributed by atoms with Crippen LogP contribution in [0.4, 0.5) is 0 Å². The van der Waals surface area contributed by atoms with Gasteiger partial charge in [-0.3, -0.25) is 4.68 Å². The normalized spacial score (nSPS) is 11.0. The molecule has 3 aromatic carbocycles. The minimum Gasteiger partial charge on any atom is -0.504 e. The zero-order chi connectivity index (χ0) is 15.8. The van der Waals surface area contributed by atoms with E-state index in [1.807, 2.05) is 55.6 Å². The molecule has 3 heteroatoms. The van der Waals surface area contributed by atoms with Gasteiger partial charge in [0.15, 0.2) is 5.75 Å². The van der Waals surface area contributed by atoms with Crippen molar-refractivity contribution in [2.45, 2.75) is 0 Å². The van der Waals surface area contributed by atoms with E-state index in [1.165, 1.54) is 5.39 Å². The fraction of sp³-hybridized carbons (Fsp3) is 0.0500. The Bertz CT molecular complexity index is 987. The highest BCUT2D eigenvalue weighted by Gasteiger charge is 2.18. The van der Waals surface area contributed by atoms with Crippen LogP contribution in [0, 0.1) is 0 Å². The second kappa shape index (κ2) is 5.29. The fourth-order valence-electron chi connectivity index (χ4n) is 2.96. The average molecular weight is 300 g/mol. The Morgan fingerprint density at radius 2 is 1.48 bits per heavy atom. The van der Waals surface area contributed by atoms with Gasteiger partial charge in [-0.15, -0.1) is 0 Å². The van der Waals surface area contributed by atoms with E-state index in [1.54, 1.807) is 4.68 Å². The molecule has 1 N–H and O–H groups in total. The van der Waals surface area contributed by atoms with Crippen LogP contribution in [0.25, 0.3) is 33.3 Å². The summed E-state index contributed by atoms with van der Waals surface area (Å²) in [5.74, 6) is 0.217. The van der Waals surface area contributed by atoms with Gasteiger partial charge in [0.25, 0.3) is 0 Å². The van der Waals surface area contributed by atoms with Crippen molar-refractivity contribution in [3.63, 3.8) is 0 Å². The highest BCUT2D eigenvalue weighted by Crippen LogP contribution is 2.38. The van der Waals surface area contributed by atoms with Crippen LogP contribution in [0.15, 0.2) is 72.8 Å². The zero-order valence-electron chi connectivity index (χ0n) is 12.8. The standard InChI is InChI=1S/C20H16N2O/c1-22-19(15-8-3-2-4-9-15)20(23)18(21-22)17-12-11-14-7-5-6-10-16(14)13-17/h2-13,23H,1H3. The van der Waals surface area contributed by atoms with E-state index in [-0.39, 0.29) is 5.75 Å². The molecule has 4 rings (SSSR count). The van der Waals surface area contributed by atoms with E-state index in [2.05, 4.69) is 29.4 Å². The second-order valence-corrected chi connectivity index (χ2v) is 5.60. The van der Waals surface area contributed by atoms with Gasteiger partial charge < -0.3 is 5.11 Å². The van der Waals surface area contributed by atoms with Crippen LogP contribution in [0.2, 0.25) is 0 Å². The predicted molar refractivity (Wildman–Crippen MR) is 93.3 cm³/mol. The molecule has 1 aromatic heterocycles. The first kappa shape index (κ1) is 13.6. The first-order chi connectivity index (χ1) is 11.2. The topological polar surface area (TPSA) is 38.0 Å². The van der Waals surface area contributed by atoms with Crippen molar-refractivity contribution in [1.82, 2.24) is 9.78 Å². The van der Waals surface area contributed by atoms with Crippen molar-refractivity contribution in [1.29, 1.82) is 0 Å². The number of aromatic hydroxyl groups is 1. The Morgan fingerprint density at radius 3 is 2.26 bits per heavy atom. The van der Waals surface area contributed by atoms with Gasteiger partial charge in [0.05, 0.1) is 0 Å². The molecular formula is C20H16N2O. The van der Waals surface area contributed by atoms with Gasteiger partial charge in [-0.25, -0.2) is 0 Å². The molecule has 112 valence electrons. The fourth-order valence-corrected chi connectivity index (χ4v) is 2.96. The van der Waals surface area contributed by atoms with Gasteiger partial charge in [-0.05, 0) is 16.8 Å². The molecular weight excluding hydrogens is 284 g/mol. The molecule has 0 saturated heterocycles. The van der Waals surface area contributed by atoms with Crippen LogP contribution in [0.5, 0.6) is 5.75 Å². The maximum atomic E-state index is 10.7. The number of rotatable bonds is 2. The molecule has 0 aliphatic carbocycles. The summed E-state index contributed by atoms with van der Waals surface area (Å²) in [5.41, 5.74) is 3.21. The first-order valence-corrected chi connectivity index (χ1v) is 7.54. The maximum Gasteiger partial charge on any atom is 0.169 e. The summed E-state index contributed by atoms with van der Waals surface area (Å²) in [5, 5.41) is 17.5. The predicted octanol–water partition coefficient (Wildman–Crippen LogP) is 4.61. The smallest absolute Gasteiger partial charge is 0.169 e. The number of hydrogen-bond acceptors (Lipinski definition) is 2. The number of hydrogen-bond donors (Lipinski definition) is 1. The minimum absolute atomic E-state index is 0.217. The Kier molecular flexibility index (Phi) is 3.12. The van der Waals surface area contributed by atoms with E-state index >= 15 is 0 Å². The average Bonchev–Trinajstić information content (AvgIpc) is 2.90. The highest BCUT2D eigenvalue weighted by molar-refractivity contribution is 5.88. The summed E-state index contributed by atoms with van der Waals surface area (Å²) < 4.78 is 1.73. The summed E-state index contributed by atoms with van der Waals surface area (Å²) in [6.45, 7) is 0. The van der Waals surface area contributed by atoms with Crippen LogP contribution in [0.3, 0.4) is 0 Å². The molecule has 4 aromatic rings. The lowest BCUT2D eigenvalue weighted by molar-refractivity contribution is 0.478. The summed E-state index contributed by atoms with van der Waals surface area (Å²) in [7, 11) is 1.85. The summed E-state index contributed by atoms with van der Waals surface area (Å²) in [6.07, 6.45) is 0. The van der Waals surface area contributed by atoms with Crippen molar-refractivity contribution >= 4 is 10.8 Å². The molecule has 0 aliphatic heterocycles. The van der Waals surface area contributed by atoms with Crippen molar-refractivity contribution in [2.75, 3.05) is 0 Å². The van der Waals surface area contributed by atoms with Crippen LogP contribution in [-0.4, -0.2) is 14.9 Å². The number of fused-ring (bicyclic) bond motifs is 1. The third-order valence-electron chi connectivity index (χ3n) is 4.09. The highest BCUT2D eigenvalue weighted by atomic mass is 16.3. The molecule has 0 spiro atoms. The van der Waals surface area contributed by atoms with Crippen molar-refractivity contribution in [2.24, 2.45) is 7.05 Å². The first-order valence-electron chi connectivity index (χ1n) is 7.54. The quantitative estimate of drug-likeness (QED) is 0.587. The molecule has 0 atom stereocenters. The second-order valence-electron chi connectivity index (χ2n) is 5.60. The minimum atomic E-state index is 0.217. The molecule has 0 radical (unpaired) electrons. The van der Waals surface area contributed by atoms with Crippen molar-refractivity contribution in [3.05, 3.63) is 72.8 Å². The third-order valence-corrected chi connectivity index (χ3v) is 4.09. The number of benzene rings is 3. The van der Waals surface area contributed by atoms with Gasteiger partial charge in [0.1, 0.15) is 11.4 Å². The lowest BCUT2D eigenvalue weighted by Crippen LogP contribution is -1.93. The van der Waals surface area contributed by atoms with E-state index in [4.69, 9.17) is 0 Å². The van der Waals surface area contributed by atoms with Crippen molar-refractivity contribution in [3.8, 4) is 28.3 Å². The number of aromatic nitrogens is 2. The lowest BCUT2D eigenvalue weighted by atomic mass is 10.0.